The second-order valence-electron chi connectivity index (χ2n) is 6.52. The zero-order valence-electron chi connectivity index (χ0n) is 14.6. The summed E-state index contributed by atoms with van der Waals surface area (Å²) < 4.78 is 11.5. The molecule has 3 aromatic rings. The zero-order valence-corrected chi connectivity index (χ0v) is 14.6. The number of fused-ring (bicyclic) bond motifs is 1. The number of methoxy groups -OCH3 is 1. The fourth-order valence-electron chi connectivity index (χ4n) is 3.32. The van der Waals surface area contributed by atoms with Gasteiger partial charge in [0.2, 0.25) is 0 Å². The second kappa shape index (κ2) is 7.07. The molecule has 0 saturated heterocycles. The molecular weight excluding hydrogens is 330 g/mol. The molecule has 4 rings (SSSR count). The van der Waals surface area contributed by atoms with Crippen molar-refractivity contribution in [1.82, 2.24) is 10.2 Å². The lowest BCUT2D eigenvalue weighted by molar-refractivity contribution is 0.102. The van der Waals surface area contributed by atoms with Gasteiger partial charge in [-0.25, -0.2) is 0 Å². The van der Waals surface area contributed by atoms with Crippen molar-refractivity contribution in [3.05, 3.63) is 48.2 Å². The molecule has 1 fully saturated rings. The molecule has 1 aliphatic rings. The summed E-state index contributed by atoms with van der Waals surface area (Å²) in [7, 11) is 1.62. The monoisotopic (exact) mass is 351 g/mol. The van der Waals surface area contributed by atoms with Crippen LogP contribution in [0.1, 0.15) is 36.0 Å². The summed E-state index contributed by atoms with van der Waals surface area (Å²) in [5.74, 6) is 1.17. The van der Waals surface area contributed by atoms with Crippen LogP contribution >= 0.6 is 0 Å². The maximum absolute atomic E-state index is 12.6. The van der Waals surface area contributed by atoms with Gasteiger partial charge in [-0.3, -0.25) is 9.89 Å². The third-order valence-corrected chi connectivity index (χ3v) is 4.72. The summed E-state index contributed by atoms with van der Waals surface area (Å²) in [6.45, 7) is 0. The van der Waals surface area contributed by atoms with E-state index in [4.69, 9.17) is 9.47 Å². The van der Waals surface area contributed by atoms with Crippen LogP contribution in [0.2, 0.25) is 0 Å². The van der Waals surface area contributed by atoms with E-state index in [1.54, 1.807) is 19.4 Å². The standard InChI is InChI=1S/C20H21N3O3/c1-25-18-9-7-15(11-19(18)26-16-4-2-3-5-16)22-20(24)13-6-8-17-14(10-13)12-21-23-17/h6-12,16H,2-5H2,1H3,(H,21,23)(H,22,24). The van der Waals surface area contributed by atoms with Gasteiger partial charge in [0.15, 0.2) is 11.5 Å². The number of nitrogens with one attached hydrogen (secondary N) is 2. The van der Waals surface area contributed by atoms with Crippen molar-refractivity contribution >= 4 is 22.5 Å². The topological polar surface area (TPSA) is 76.2 Å². The van der Waals surface area contributed by atoms with Crippen molar-refractivity contribution in [3.63, 3.8) is 0 Å². The predicted molar refractivity (Wildman–Crippen MR) is 99.9 cm³/mol. The number of amides is 1. The third-order valence-electron chi connectivity index (χ3n) is 4.72. The number of nitrogens with zero attached hydrogens (tertiary/aromatic N) is 1. The van der Waals surface area contributed by atoms with Crippen LogP contribution in [-0.4, -0.2) is 29.3 Å². The predicted octanol–water partition coefficient (Wildman–Crippen LogP) is 4.15. The lowest BCUT2D eigenvalue weighted by Crippen LogP contribution is -2.14. The largest absolute Gasteiger partial charge is 0.493 e. The molecule has 0 atom stereocenters. The van der Waals surface area contributed by atoms with E-state index in [1.807, 2.05) is 30.3 Å². The number of aromatic nitrogens is 2. The minimum Gasteiger partial charge on any atom is -0.493 e. The molecule has 1 aromatic heterocycles. The Balaban J connectivity index is 1.53. The molecule has 1 saturated carbocycles. The van der Waals surface area contributed by atoms with Crippen LogP contribution in [0.3, 0.4) is 0 Å². The smallest absolute Gasteiger partial charge is 0.255 e. The maximum atomic E-state index is 12.6. The van der Waals surface area contributed by atoms with E-state index in [2.05, 4.69) is 15.5 Å². The fraction of sp³-hybridized carbons (Fsp3) is 0.300. The van der Waals surface area contributed by atoms with Gasteiger partial charge in [0, 0.05) is 22.7 Å². The Hall–Kier alpha value is -3.02. The van der Waals surface area contributed by atoms with Crippen molar-refractivity contribution in [2.24, 2.45) is 0 Å². The average molecular weight is 351 g/mol. The molecule has 6 nitrogen and oxygen atoms in total. The number of rotatable bonds is 5. The van der Waals surface area contributed by atoms with Crippen molar-refractivity contribution in [2.45, 2.75) is 31.8 Å². The molecule has 0 unspecified atom stereocenters. The molecule has 0 bridgehead atoms. The van der Waals surface area contributed by atoms with Crippen LogP contribution in [0.4, 0.5) is 5.69 Å². The molecule has 134 valence electrons. The van der Waals surface area contributed by atoms with Crippen LogP contribution in [0.25, 0.3) is 10.9 Å². The van der Waals surface area contributed by atoms with Crippen molar-refractivity contribution in [1.29, 1.82) is 0 Å². The Morgan fingerprint density at radius 3 is 2.81 bits per heavy atom. The molecule has 2 N–H and O–H groups in total. The van der Waals surface area contributed by atoms with Crippen LogP contribution in [-0.2, 0) is 0 Å². The Morgan fingerprint density at radius 1 is 1.15 bits per heavy atom. The summed E-state index contributed by atoms with van der Waals surface area (Å²) in [6, 6.07) is 10.9. The summed E-state index contributed by atoms with van der Waals surface area (Å²) in [6.07, 6.45) is 6.43. The molecular formula is C20H21N3O3. The molecule has 1 aliphatic carbocycles. The Bertz CT molecular complexity index is 929. The number of hydrogen-bond donors (Lipinski definition) is 2. The molecule has 0 aliphatic heterocycles. The van der Waals surface area contributed by atoms with E-state index in [0.717, 1.165) is 23.7 Å². The van der Waals surface area contributed by atoms with Crippen molar-refractivity contribution < 1.29 is 14.3 Å². The van der Waals surface area contributed by atoms with E-state index in [9.17, 15) is 4.79 Å². The first-order chi connectivity index (χ1) is 12.7. The lowest BCUT2D eigenvalue weighted by atomic mass is 10.1. The first kappa shape index (κ1) is 16.4. The van der Waals surface area contributed by atoms with Gasteiger partial charge < -0.3 is 14.8 Å². The minimum absolute atomic E-state index is 0.176. The molecule has 1 amide bonds. The van der Waals surface area contributed by atoms with Crippen molar-refractivity contribution in [2.75, 3.05) is 12.4 Å². The fourth-order valence-corrected chi connectivity index (χ4v) is 3.32. The van der Waals surface area contributed by atoms with Gasteiger partial charge in [-0.2, -0.15) is 5.10 Å². The number of carbonyl (C=O) groups is 1. The Labute approximate surface area is 151 Å². The van der Waals surface area contributed by atoms with Gasteiger partial charge in [0.25, 0.3) is 5.91 Å². The van der Waals surface area contributed by atoms with Gasteiger partial charge in [-0.05, 0) is 56.0 Å². The second-order valence-corrected chi connectivity index (χ2v) is 6.52. The number of anilines is 1. The first-order valence-electron chi connectivity index (χ1n) is 8.82. The molecule has 0 radical (unpaired) electrons. The number of ether oxygens (including phenoxy) is 2. The highest BCUT2D eigenvalue weighted by Gasteiger charge is 2.19. The molecule has 2 aromatic carbocycles. The summed E-state index contributed by atoms with van der Waals surface area (Å²) >= 11 is 0. The van der Waals surface area contributed by atoms with E-state index in [0.29, 0.717) is 22.7 Å². The van der Waals surface area contributed by atoms with E-state index < -0.39 is 0 Å². The zero-order chi connectivity index (χ0) is 17.9. The number of carbonyl (C=O) groups excluding carboxylic acids is 1. The van der Waals surface area contributed by atoms with E-state index >= 15 is 0 Å². The number of H-pyrrole nitrogens is 1. The summed E-state index contributed by atoms with van der Waals surface area (Å²) in [5.41, 5.74) is 2.15. The van der Waals surface area contributed by atoms with Gasteiger partial charge in [0.05, 0.1) is 24.9 Å². The van der Waals surface area contributed by atoms with E-state index in [-0.39, 0.29) is 12.0 Å². The highest BCUT2D eigenvalue weighted by atomic mass is 16.5. The number of aromatic amines is 1. The lowest BCUT2D eigenvalue weighted by Gasteiger charge is -2.17. The van der Waals surface area contributed by atoms with Gasteiger partial charge >= 0.3 is 0 Å². The third kappa shape index (κ3) is 3.35. The SMILES string of the molecule is COc1ccc(NC(=O)c2ccc3[nH]ncc3c2)cc1OC1CCCC1. The quantitative estimate of drug-likeness (QED) is 0.724. The maximum Gasteiger partial charge on any atom is 0.255 e. The number of hydrogen-bond acceptors (Lipinski definition) is 4. The highest BCUT2D eigenvalue weighted by Crippen LogP contribution is 2.34. The highest BCUT2D eigenvalue weighted by molar-refractivity contribution is 6.06. The first-order valence-corrected chi connectivity index (χ1v) is 8.82. The summed E-state index contributed by atoms with van der Waals surface area (Å²) in [5, 5.41) is 10.7. The summed E-state index contributed by atoms with van der Waals surface area (Å²) in [4.78, 5) is 12.6. The Morgan fingerprint density at radius 2 is 2.00 bits per heavy atom. The average Bonchev–Trinajstić information content (AvgIpc) is 3.32. The van der Waals surface area contributed by atoms with Crippen LogP contribution < -0.4 is 14.8 Å². The van der Waals surface area contributed by atoms with Gasteiger partial charge in [0.1, 0.15) is 0 Å². The molecule has 0 spiro atoms. The number of benzene rings is 2. The van der Waals surface area contributed by atoms with E-state index in [1.165, 1.54) is 12.8 Å². The Kier molecular flexibility index (Phi) is 4.48. The molecule has 6 heteroatoms. The minimum atomic E-state index is -0.176. The van der Waals surface area contributed by atoms with Crippen LogP contribution in [0.15, 0.2) is 42.6 Å². The van der Waals surface area contributed by atoms with Crippen LogP contribution in [0.5, 0.6) is 11.5 Å². The normalized spacial score (nSPS) is 14.5. The van der Waals surface area contributed by atoms with Crippen LogP contribution in [0, 0.1) is 0 Å². The van der Waals surface area contributed by atoms with Gasteiger partial charge in [-0.1, -0.05) is 0 Å². The van der Waals surface area contributed by atoms with Crippen molar-refractivity contribution in [3.8, 4) is 11.5 Å². The van der Waals surface area contributed by atoms with Gasteiger partial charge in [-0.15, -0.1) is 0 Å². The molecule has 26 heavy (non-hydrogen) atoms. The molecule has 1 heterocycles.